The van der Waals surface area contributed by atoms with E-state index < -0.39 is 11.6 Å². The van der Waals surface area contributed by atoms with Crippen LogP contribution in [0.2, 0.25) is 5.02 Å². The zero-order valence-electron chi connectivity index (χ0n) is 16.4. The smallest absolute Gasteiger partial charge is 0.349 e. The normalized spacial score (nSPS) is 11.4. The summed E-state index contributed by atoms with van der Waals surface area (Å²) in [7, 11) is 0. The molecular formula is C23H25ClO4. The molecule has 2 rings (SSSR count). The number of ketones is 1. The zero-order valence-corrected chi connectivity index (χ0v) is 17.2. The molecule has 0 radical (unpaired) electrons. The average Bonchev–Trinajstić information content (AvgIpc) is 2.68. The van der Waals surface area contributed by atoms with Crippen LogP contribution in [-0.2, 0) is 9.53 Å². The Balaban J connectivity index is 1.96. The minimum absolute atomic E-state index is 0.109. The highest BCUT2D eigenvalue weighted by Crippen LogP contribution is 2.22. The van der Waals surface area contributed by atoms with Gasteiger partial charge in [-0.15, -0.1) is 0 Å². The summed E-state index contributed by atoms with van der Waals surface area (Å²) in [6, 6.07) is 13.4. The SMILES string of the molecule is CC/C=C\CCOC(=O)C(C)(C)Oc1ccc(C(=O)c2ccc(Cl)cc2)cc1. The van der Waals surface area contributed by atoms with E-state index in [0.29, 0.717) is 34.9 Å². The molecule has 2 aromatic rings. The van der Waals surface area contributed by atoms with Crippen LogP contribution in [0.3, 0.4) is 0 Å². The molecule has 0 aliphatic rings. The summed E-state index contributed by atoms with van der Waals surface area (Å²) in [6.07, 6.45) is 5.65. The van der Waals surface area contributed by atoms with Crippen LogP contribution in [0.1, 0.15) is 49.5 Å². The third kappa shape index (κ3) is 6.24. The van der Waals surface area contributed by atoms with E-state index in [2.05, 4.69) is 0 Å². The zero-order chi connectivity index (χ0) is 20.6. The molecule has 4 nitrogen and oxygen atoms in total. The minimum Gasteiger partial charge on any atom is -0.476 e. The summed E-state index contributed by atoms with van der Waals surface area (Å²) in [5, 5.41) is 0.579. The van der Waals surface area contributed by atoms with Gasteiger partial charge in [0.1, 0.15) is 5.75 Å². The third-order valence-corrected chi connectivity index (χ3v) is 4.26. The van der Waals surface area contributed by atoms with E-state index in [0.717, 1.165) is 6.42 Å². The number of rotatable bonds is 9. The molecule has 28 heavy (non-hydrogen) atoms. The van der Waals surface area contributed by atoms with Gasteiger partial charge in [0.15, 0.2) is 11.4 Å². The van der Waals surface area contributed by atoms with E-state index >= 15 is 0 Å². The van der Waals surface area contributed by atoms with Gasteiger partial charge in [-0.05, 0) is 75.2 Å². The maximum absolute atomic E-state index is 12.5. The molecule has 0 heterocycles. The van der Waals surface area contributed by atoms with Gasteiger partial charge in [0.25, 0.3) is 0 Å². The monoisotopic (exact) mass is 400 g/mol. The molecule has 2 aromatic carbocycles. The molecule has 0 saturated heterocycles. The van der Waals surface area contributed by atoms with Gasteiger partial charge in [-0.1, -0.05) is 30.7 Å². The lowest BCUT2D eigenvalue weighted by Crippen LogP contribution is -2.39. The Morgan fingerprint density at radius 3 is 2.11 bits per heavy atom. The molecule has 0 atom stereocenters. The lowest BCUT2D eigenvalue weighted by molar-refractivity contribution is -0.159. The molecule has 148 valence electrons. The molecule has 0 N–H and O–H groups in total. The fourth-order valence-electron chi connectivity index (χ4n) is 2.46. The third-order valence-electron chi connectivity index (χ3n) is 4.01. The van der Waals surface area contributed by atoms with Crippen LogP contribution in [0.5, 0.6) is 5.75 Å². The second kappa shape index (κ2) is 10.1. The number of carbonyl (C=O) groups excluding carboxylic acids is 2. The molecule has 0 bridgehead atoms. The first-order valence-corrected chi connectivity index (χ1v) is 9.63. The second-order valence-electron chi connectivity index (χ2n) is 6.78. The summed E-state index contributed by atoms with van der Waals surface area (Å²) in [4.78, 5) is 24.7. The summed E-state index contributed by atoms with van der Waals surface area (Å²) < 4.78 is 11.1. The number of esters is 1. The van der Waals surface area contributed by atoms with Crippen molar-refractivity contribution in [2.24, 2.45) is 0 Å². The second-order valence-corrected chi connectivity index (χ2v) is 7.21. The Morgan fingerprint density at radius 1 is 0.964 bits per heavy atom. The molecule has 5 heteroatoms. The summed E-state index contributed by atoms with van der Waals surface area (Å²) in [6.45, 7) is 5.68. The summed E-state index contributed by atoms with van der Waals surface area (Å²) in [5.41, 5.74) is -0.0484. The quantitative estimate of drug-likeness (QED) is 0.237. The van der Waals surface area contributed by atoms with Crippen LogP contribution in [0.25, 0.3) is 0 Å². The molecule has 0 amide bonds. The van der Waals surface area contributed by atoms with E-state index in [4.69, 9.17) is 21.1 Å². The largest absolute Gasteiger partial charge is 0.476 e. The van der Waals surface area contributed by atoms with Gasteiger partial charge in [0.2, 0.25) is 0 Å². The van der Waals surface area contributed by atoms with Crippen molar-refractivity contribution in [2.75, 3.05) is 6.61 Å². The van der Waals surface area contributed by atoms with Crippen molar-refractivity contribution in [2.45, 2.75) is 39.2 Å². The Hall–Kier alpha value is -2.59. The van der Waals surface area contributed by atoms with Crippen molar-refractivity contribution < 1.29 is 19.1 Å². The number of hydrogen-bond acceptors (Lipinski definition) is 4. The maximum atomic E-state index is 12.5. The van der Waals surface area contributed by atoms with Crippen LogP contribution in [-0.4, -0.2) is 24.0 Å². The van der Waals surface area contributed by atoms with Crippen molar-refractivity contribution in [1.29, 1.82) is 0 Å². The standard InChI is InChI=1S/C23H25ClO4/c1-4-5-6-7-16-27-22(26)23(2,3)28-20-14-10-18(11-15-20)21(25)17-8-12-19(24)13-9-17/h5-6,8-15H,4,7,16H2,1-3H3/b6-5-. The topological polar surface area (TPSA) is 52.6 Å². The molecule has 0 aliphatic heterocycles. The van der Waals surface area contributed by atoms with Crippen LogP contribution < -0.4 is 4.74 Å². The minimum atomic E-state index is -1.13. The Labute approximate surface area is 171 Å². The van der Waals surface area contributed by atoms with Gasteiger partial charge in [0.05, 0.1) is 6.61 Å². The van der Waals surface area contributed by atoms with Gasteiger partial charge in [-0.3, -0.25) is 4.79 Å². The summed E-state index contributed by atoms with van der Waals surface area (Å²) in [5.74, 6) is -0.0544. The van der Waals surface area contributed by atoms with Crippen molar-refractivity contribution >= 4 is 23.4 Å². The van der Waals surface area contributed by atoms with Crippen molar-refractivity contribution in [3.63, 3.8) is 0 Å². The Kier molecular flexibility index (Phi) is 7.82. The van der Waals surface area contributed by atoms with Gasteiger partial charge >= 0.3 is 5.97 Å². The molecule has 0 aromatic heterocycles. The highest BCUT2D eigenvalue weighted by molar-refractivity contribution is 6.30. The average molecular weight is 401 g/mol. The van der Waals surface area contributed by atoms with Crippen molar-refractivity contribution in [1.82, 2.24) is 0 Å². The van der Waals surface area contributed by atoms with Gasteiger partial charge in [0, 0.05) is 16.1 Å². The first-order valence-electron chi connectivity index (χ1n) is 9.25. The Morgan fingerprint density at radius 2 is 1.54 bits per heavy atom. The van der Waals surface area contributed by atoms with Crippen molar-refractivity contribution in [3.8, 4) is 5.75 Å². The fraction of sp³-hybridized carbons (Fsp3) is 0.304. The fourth-order valence-corrected chi connectivity index (χ4v) is 2.58. The predicted molar refractivity (Wildman–Crippen MR) is 111 cm³/mol. The highest BCUT2D eigenvalue weighted by atomic mass is 35.5. The van der Waals surface area contributed by atoms with E-state index in [1.165, 1.54) is 0 Å². The first-order chi connectivity index (χ1) is 13.3. The molecule has 0 spiro atoms. The number of allylic oxidation sites excluding steroid dienone is 1. The molecule has 0 fully saturated rings. The van der Waals surface area contributed by atoms with Gasteiger partial charge in [-0.2, -0.15) is 0 Å². The predicted octanol–water partition coefficient (Wildman–Crippen LogP) is 5.63. The number of benzene rings is 2. The maximum Gasteiger partial charge on any atom is 0.349 e. The van der Waals surface area contributed by atoms with Crippen LogP contribution >= 0.6 is 11.6 Å². The number of hydrogen-bond donors (Lipinski definition) is 0. The molecule has 0 aliphatic carbocycles. The van der Waals surface area contributed by atoms with Gasteiger partial charge in [-0.25, -0.2) is 4.79 Å². The lowest BCUT2D eigenvalue weighted by atomic mass is 10.0. The molecular weight excluding hydrogens is 376 g/mol. The number of carbonyl (C=O) groups is 2. The van der Waals surface area contributed by atoms with E-state index in [9.17, 15) is 9.59 Å². The molecule has 0 unspecified atom stereocenters. The number of halogens is 1. The van der Waals surface area contributed by atoms with Crippen molar-refractivity contribution in [3.05, 3.63) is 76.8 Å². The van der Waals surface area contributed by atoms with E-state index in [1.54, 1.807) is 62.4 Å². The van der Waals surface area contributed by atoms with Gasteiger partial charge < -0.3 is 9.47 Å². The van der Waals surface area contributed by atoms with E-state index in [-0.39, 0.29) is 5.78 Å². The Bertz CT molecular complexity index is 821. The molecule has 0 saturated carbocycles. The highest BCUT2D eigenvalue weighted by Gasteiger charge is 2.31. The van der Waals surface area contributed by atoms with E-state index in [1.807, 2.05) is 19.1 Å². The van der Waals surface area contributed by atoms with Crippen LogP contribution in [0.15, 0.2) is 60.7 Å². The first kappa shape index (κ1) is 21.7. The summed E-state index contributed by atoms with van der Waals surface area (Å²) >= 11 is 5.86. The van der Waals surface area contributed by atoms with Crippen LogP contribution in [0.4, 0.5) is 0 Å². The lowest BCUT2D eigenvalue weighted by Gasteiger charge is -2.24. The number of ether oxygens (including phenoxy) is 2. The van der Waals surface area contributed by atoms with Crippen LogP contribution in [0, 0.1) is 0 Å².